The number of phenols is 1. The highest BCUT2D eigenvalue weighted by atomic mass is 16.3. The number of pyridine rings is 1. The molecule has 0 amide bonds. The highest BCUT2D eigenvalue weighted by molar-refractivity contribution is 5.84. The molecule has 2 rings (SSSR count). The van der Waals surface area contributed by atoms with Gasteiger partial charge >= 0.3 is 0 Å². The van der Waals surface area contributed by atoms with E-state index in [1.165, 1.54) is 0 Å². The van der Waals surface area contributed by atoms with Crippen molar-refractivity contribution < 1.29 is 5.11 Å². The molecule has 3 nitrogen and oxygen atoms in total. The van der Waals surface area contributed by atoms with Crippen LogP contribution in [0.15, 0.2) is 30.3 Å². The van der Waals surface area contributed by atoms with Gasteiger partial charge in [-0.05, 0) is 18.2 Å². The van der Waals surface area contributed by atoms with Crippen LogP contribution < -0.4 is 0 Å². The minimum atomic E-state index is 0.106. The number of aromatic hydroxyl groups is 1. The highest BCUT2D eigenvalue weighted by Crippen LogP contribution is 2.21. The Morgan fingerprint density at radius 3 is 2.85 bits per heavy atom. The zero-order valence-electron chi connectivity index (χ0n) is 6.73. The molecule has 0 aliphatic carbocycles. The SMILES string of the molecule is N#Cc1ccc2cccc(O)c2n1. The van der Waals surface area contributed by atoms with Gasteiger partial charge in [-0.2, -0.15) is 5.26 Å². The molecule has 1 aromatic heterocycles. The van der Waals surface area contributed by atoms with Gasteiger partial charge in [-0.3, -0.25) is 0 Å². The van der Waals surface area contributed by atoms with Gasteiger partial charge in [0.25, 0.3) is 0 Å². The van der Waals surface area contributed by atoms with E-state index in [-0.39, 0.29) is 5.75 Å². The molecular weight excluding hydrogens is 164 g/mol. The summed E-state index contributed by atoms with van der Waals surface area (Å²) in [5, 5.41) is 18.8. The Kier molecular flexibility index (Phi) is 1.60. The molecule has 1 aromatic carbocycles. The van der Waals surface area contributed by atoms with Gasteiger partial charge in [0.2, 0.25) is 0 Å². The Balaban J connectivity index is 2.84. The summed E-state index contributed by atoms with van der Waals surface area (Å²) in [7, 11) is 0. The van der Waals surface area contributed by atoms with E-state index in [1.54, 1.807) is 24.3 Å². The van der Waals surface area contributed by atoms with E-state index in [0.717, 1.165) is 5.39 Å². The molecule has 0 spiro atoms. The molecule has 0 aliphatic rings. The number of nitriles is 1. The monoisotopic (exact) mass is 170 g/mol. The first kappa shape index (κ1) is 7.56. The number of rotatable bonds is 0. The van der Waals surface area contributed by atoms with Crippen molar-refractivity contribution in [2.24, 2.45) is 0 Å². The first-order valence-electron chi connectivity index (χ1n) is 3.80. The molecule has 0 saturated carbocycles. The molecule has 0 bridgehead atoms. The molecule has 13 heavy (non-hydrogen) atoms. The average Bonchev–Trinajstić information content (AvgIpc) is 2.18. The van der Waals surface area contributed by atoms with Gasteiger partial charge in [-0.1, -0.05) is 12.1 Å². The summed E-state index contributed by atoms with van der Waals surface area (Å²) in [6, 6.07) is 10.4. The van der Waals surface area contributed by atoms with Gasteiger partial charge in [0.1, 0.15) is 23.0 Å². The van der Waals surface area contributed by atoms with Crippen molar-refractivity contribution in [3.8, 4) is 11.8 Å². The van der Waals surface area contributed by atoms with Gasteiger partial charge < -0.3 is 5.11 Å². The summed E-state index contributed by atoms with van der Waals surface area (Å²) in [6.07, 6.45) is 0. The Labute approximate surface area is 74.9 Å². The van der Waals surface area contributed by atoms with Crippen LogP contribution in [-0.4, -0.2) is 10.1 Å². The molecule has 0 aliphatic heterocycles. The van der Waals surface area contributed by atoms with E-state index < -0.39 is 0 Å². The number of nitrogens with zero attached hydrogens (tertiary/aromatic N) is 2. The second-order valence-electron chi connectivity index (χ2n) is 2.66. The van der Waals surface area contributed by atoms with E-state index >= 15 is 0 Å². The van der Waals surface area contributed by atoms with Crippen LogP contribution in [0.3, 0.4) is 0 Å². The Bertz CT molecular complexity index is 500. The number of hydrogen-bond donors (Lipinski definition) is 1. The normalized spacial score (nSPS) is 9.77. The molecule has 1 heterocycles. The fraction of sp³-hybridized carbons (Fsp3) is 0. The van der Waals surface area contributed by atoms with Crippen molar-refractivity contribution in [2.45, 2.75) is 0 Å². The molecule has 62 valence electrons. The van der Waals surface area contributed by atoms with Crippen molar-refractivity contribution in [1.82, 2.24) is 4.98 Å². The van der Waals surface area contributed by atoms with Gasteiger partial charge in [-0.25, -0.2) is 4.98 Å². The largest absolute Gasteiger partial charge is 0.506 e. The Morgan fingerprint density at radius 2 is 2.08 bits per heavy atom. The number of fused-ring (bicyclic) bond motifs is 1. The first-order valence-corrected chi connectivity index (χ1v) is 3.80. The fourth-order valence-electron chi connectivity index (χ4n) is 1.19. The number of hydrogen-bond acceptors (Lipinski definition) is 3. The zero-order valence-corrected chi connectivity index (χ0v) is 6.73. The molecule has 0 radical (unpaired) electrons. The summed E-state index contributed by atoms with van der Waals surface area (Å²) in [4.78, 5) is 3.98. The fourth-order valence-corrected chi connectivity index (χ4v) is 1.19. The van der Waals surface area contributed by atoms with Crippen LogP contribution in [0.25, 0.3) is 10.9 Å². The quantitative estimate of drug-likeness (QED) is 0.656. The van der Waals surface area contributed by atoms with Crippen molar-refractivity contribution >= 4 is 10.9 Å². The molecule has 0 unspecified atom stereocenters. The first-order chi connectivity index (χ1) is 6.31. The van der Waals surface area contributed by atoms with E-state index in [4.69, 9.17) is 5.26 Å². The predicted octanol–water partition coefficient (Wildman–Crippen LogP) is 1.81. The lowest BCUT2D eigenvalue weighted by Gasteiger charge is -1.98. The third kappa shape index (κ3) is 1.18. The highest BCUT2D eigenvalue weighted by Gasteiger charge is 2.00. The summed E-state index contributed by atoms with van der Waals surface area (Å²) < 4.78 is 0. The summed E-state index contributed by atoms with van der Waals surface area (Å²) in [5.74, 6) is 0.106. The number of phenolic OH excluding ortho intramolecular Hbond substituents is 1. The van der Waals surface area contributed by atoms with E-state index in [0.29, 0.717) is 11.2 Å². The number of benzene rings is 1. The Hall–Kier alpha value is -2.08. The van der Waals surface area contributed by atoms with Gasteiger partial charge in [0.15, 0.2) is 0 Å². The predicted molar refractivity (Wildman–Crippen MR) is 48.1 cm³/mol. The van der Waals surface area contributed by atoms with Crippen LogP contribution >= 0.6 is 0 Å². The van der Waals surface area contributed by atoms with Crippen LogP contribution in [-0.2, 0) is 0 Å². The van der Waals surface area contributed by atoms with Crippen molar-refractivity contribution in [3.63, 3.8) is 0 Å². The third-order valence-corrected chi connectivity index (χ3v) is 1.81. The molecule has 2 aromatic rings. The van der Waals surface area contributed by atoms with Crippen molar-refractivity contribution in [1.29, 1.82) is 5.26 Å². The Morgan fingerprint density at radius 1 is 1.23 bits per heavy atom. The lowest BCUT2D eigenvalue weighted by molar-refractivity contribution is 0.480. The second-order valence-corrected chi connectivity index (χ2v) is 2.66. The summed E-state index contributed by atoms with van der Waals surface area (Å²) >= 11 is 0. The van der Waals surface area contributed by atoms with Crippen LogP contribution in [0.2, 0.25) is 0 Å². The lowest BCUT2D eigenvalue weighted by Crippen LogP contribution is -1.83. The molecule has 1 N–H and O–H groups in total. The molecule has 0 saturated heterocycles. The molecular formula is C10H6N2O. The maximum Gasteiger partial charge on any atom is 0.141 e. The maximum atomic E-state index is 9.42. The molecule has 0 fully saturated rings. The van der Waals surface area contributed by atoms with Crippen molar-refractivity contribution in [2.75, 3.05) is 0 Å². The van der Waals surface area contributed by atoms with Crippen LogP contribution in [0, 0.1) is 11.3 Å². The van der Waals surface area contributed by atoms with Crippen LogP contribution in [0.1, 0.15) is 5.69 Å². The minimum absolute atomic E-state index is 0.106. The zero-order chi connectivity index (χ0) is 9.26. The standard InChI is InChI=1S/C10H6N2O/c11-6-8-5-4-7-2-1-3-9(13)10(7)12-8/h1-5,13H. The van der Waals surface area contributed by atoms with Gasteiger partial charge in [-0.15, -0.1) is 0 Å². The minimum Gasteiger partial charge on any atom is -0.506 e. The second kappa shape index (κ2) is 2.76. The van der Waals surface area contributed by atoms with Crippen molar-refractivity contribution in [3.05, 3.63) is 36.0 Å². The van der Waals surface area contributed by atoms with E-state index in [1.807, 2.05) is 12.1 Å². The number of aromatic nitrogens is 1. The lowest BCUT2D eigenvalue weighted by atomic mass is 10.2. The summed E-state index contributed by atoms with van der Waals surface area (Å²) in [6.45, 7) is 0. The van der Waals surface area contributed by atoms with Gasteiger partial charge in [0, 0.05) is 5.39 Å². The van der Waals surface area contributed by atoms with Gasteiger partial charge in [0.05, 0.1) is 0 Å². The molecule has 3 heteroatoms. The van der Waals surface area contributed by atoms with E-state index in [9.17, 15) is 5.11 Å². The van der Waals surface area contributed by atoms with Crippen LogP contribution in [0.4, 0.5) is 0 Å². The number of para-hydroxylation sites is 1. The molecule has 0 atom stereocenters. The van der Waals surface area contributed by atoms with E-state index in [2.05, 4.69) is 4.98 Å². The maximum absolute atomic E-state index is 9.42. The summed E-state index contributed by atoms with van der Waals surface area (Å²) in [5.41, 5.74) is 0.788. The average molecular weight is 170 g/mol. The topological polar surface area (TPSA) is 56.9 Å². The third-order valence-electron chi connectivity index (χ3n) is 1.81. The smallest absolute Gasteiger partial charge is 0.141 e. The van der Waals surface area contributed by atoms with Crippen LogP contribution in [0.5, 0.6) is 5.75 Å².